The third kappa shape index (κ3) is 8.25. The van der Waals surface area contributed by atoms with E-state index in [1.807, 2.05) is 0 Å². The summed E-state index contributed by atoms with van der Waals surface area (Å²) in [6, 6.07) is 0. The van der Waals surface area contributed by atoms with Gasteiger partial charge in [-0.3, -0.25) is 4.79 Å². The second-order valence-corrected chi connectivity index (χ2v) is 6.01. The first-order chi connectivity index (χ1) is 9.22. The number of unbranched alkanes of at least 4 members (excludes halogenated alkanes) is 6. The highest BCUT2D eigenvalue weighted by molar-refractivity contribution is 5.75. The van der Waals surface area contributed by atoms with Crippen molar-refractivity contribution in [1.82, 2.24) is 5.32 Å². The van der Waals surface area contributed by atoms with Crippen molar-refractivity contribution in [3.05, 3.63) is 0 Å². The Balaban J connectivity index is 1.88. The molecular weight excluding hydrogens is 238 g/mol. The minimum Gasteiger partial charge on any atom is -0.393 e. The summed E-state index contributed by atoms with van der Waals surface area (Å²) in [5, 5.41) is 12.4. The van der Waals surface area contributed by atoms with Gasteiger partial charge in [0.25, 0.3) is 0 Å². The van der Waals surface area contributed by atoms with Crippen LogP contribution in [0.3, 0.4) is 0 Å². The van der Waals surface area contributed by atoms with Gasteiger partial charge in [0.05, 0.1) is 6.10 Å². The average Bonchev–Trinajstić information content (AvgIpc) is 2.81. The Morgan fingerprint density at radius 3 is 2.42 bits per heavy atom. The molecule has 19 heavy (non-hydrogen) atoms. The summed E-state index contributed by atoms with van der Waals surface area (Å²) in [7, 11) is 0. The van der Waals surface area contributed by atoms with Crippen LogP contribution in [0.25, 0.3) is 0 Å². The lowest BCUT2D eigenvalue weighted by atomic mass is 10.1. The first-order valence-electron chi connectivity index (χ1n) is 8.17. The van der Waals surface area contributed by atoms with E-state index in [1.165, 1.54) is 38.5 Å². The predicted octanol–water partition coefficient (Wildman–Crippen LogP) is 3.40. The topological polar surface area (TPSA) is 49.3 Å². The Morgan fingerprint density at radius 2 is 1.79 bits per heavy atom. The van der Waals surface area contributed by atoms with E-state index in [4.69, 9.17) is 0 Å². The first-order valence-corrected chi connectivity index (χ1v) is 8.17. The zero-order chi connectivity index (χ0) is 13.9. The molecule has 1 fully saturated rings. The number of hydrogen-bond donors (Lipinski definition) is 2. The second-order valence-electron chi connectivity index (χ2n) is 6.01. The summed E-state index contributed by atoms with van der Waals surface area (Å²) < 4.78 is 0. The van der Waals surface area contributed by atoms with Gasteiger partial charge in [-0.2, -0.15) is 0 Å². The van der Waals surface area contributed by atoms with Crippen LogP contribution in [0.5, 0.6) is 0 Å². The Labute approximate surface area is 118 Å². The van der Waals surface area contributed by atoms with Crippen LogP contribution in [-0.4, -0.2) is 23.7 Å². The maximum atomic E-state index is 11.6. The number of amides is 1. The summed E-state index contributed by atoms with van der Waals surface area (Å²) in [4.78, 5) is 11.6. The SMILES string of the molecule is CCCCCCCCCC(=O)NCC1CCC(O)C1. The van der Waals surface area contributed by atoms with E-state index in [0.717, 1.165) is 32.2 Å². The molecule has 3 nitrogen and oxygen atoms in total. The highest BCUT2D eigenvalue weighted by atomic mass is 16.3. The van der Waals surface area contributed by atoms with Gasteiger partial charge in [0.2, 0.25) is 5.91 Å². The van der Waals surface area contributed by atoms with Crippen molar-refractivity contribution >= 4 is 5.91 Å². The maximum absolute atomic E-state index is 11.6. The van der Waals surface area contributed by atoms with Gasteiger partial charge >= 0.3 is 0 Å². The third-order valence-electron chi connectivity index (χ3n) is 4.11. The van der Waals surface area contributed by atoms with Crippen LogP contribution < -0.4 is 5.32 Å². The molecule has 0 radical (unpaired) electrons. The number of rotatable bonds is 10. The van der Waals surface area contributed by atoms with Gasteiger partial charge in [-0.25, -0.2) is 0 Å². The fourth-order valence-electron chi connectivity index (χ4n) is 2.82. The fourth-order valence-corrected chi connectivity index (χ4v) is 2.82. The molecule has 2 unspecified atom stereocenters. The van der Waals surface area contributed by atoms with Gasteiger partial charge < -0.3 is 10.4 Å². The molecule has 0 aromatic carbocycles. The summed E-state index contributed by atoms with van der Waals surface area (Å²) in [6.45, 7) is 2.99. The molecule has 0 spiro atoms. The van der Waals surface area contributed by atoms with Crippen molar-refractivity contribution in [2.24, 2.45) is 5.92 Å². The third-order valence-corrected chi connectivity index (χ3v) is 4.11. The highest BCUT2D eigenvalue weighted by Gasteiger charge is 2.22. The van der Waals surface area contributed by atoms with E-state index in [1.54, 1.807) is 0 Å². The van der Waals surface area contributed by atoms with Gasteiger partial charge in [-0.15, -0.1) is 0 Å². The van der Waals surface area contributed by atoms with Gasteiger partial charge in [0.1, 0.15) is 0 Å². The molecule has 2 N–H and O–H groups in total. The second kappa shape index (κ2) is 10.2. The molecule has 1 amide bonds. The van der Waals surface area contributed by atoms with Crippen LogP contribution in [0.2, 0.25) is 0 Å². The zero-order valence-electron chi connectivity index (χ0n) is 12.5. The number of nitrogens with one attached hydrogen (secondary N) is 1. The molecular formula is C16H31NO2. The van der Waals surface area contributed by atoms with Crippen molar-refractivity contribution in [1.29, 1.82) is 0 Å². The molecule has 1 saturated carbocycles. The zero-order valence-corrected chi connectivity index (χ0v) is 12.5. The smallest absolute Gasteiger partial charge is 0.220 e. The van der Waals surface area contributed by atoms with Gasteiger partial charge in [-0.1, -0.05) is 45.4 Å². The van der Waals surface area contributed by atoms with Crippen molar-refractivity contribution in [2.75, 3.05) is 6.54 Å². The largest absolute Gasteiger partial charge is 0.393 e. The quantitative estimate of drug-likeness (QED) is 0.597. The number of carbonyl (C=O) groups excluding carboxylic acids is 1. The average molecular weight is 269 g/mol. The molecule has 0 saturated heterocycles. The number of aliphatic hydroxyl groups is 1. The van der Waals surface area contributed by atoms with Crippen molar-refractivity contribution in [2.45, 2.75) is 83.7 Å². The minimum absolute atomic E-state index is 0.134. The van der Waals surface area contributed by atoms with E-state index < -0.39 is 0 Å². The van der Waals surface area contributed by atoms with Gasteiger partial charge in [0, 0.05) is 13.0 Å². The molecule has 2 atom stereocenters. The molecule has 0 heterocycles. The Kier molecular flexibility index (Phi) is 8.89. The molecule has 0 aromatic heterocycles. The van der Waals surface area contributed by atoms with E-state index >= 15 is 0 Å². The minimum atomic E-state index is -0.134. The number of aliphatic hydroxyl groups excluding tert-OH is 1. The molecule has 1 aliphatic carbocycles. The molecule has 1 rings (SSSR count). The van der Waals surface area contributed by atoms with E-state index in [0.29, 0.717) is 12.3 Å². The lowest BCUT2D eigenvalue weighted by Crippen LogP contribution is -2.28. The fraction of sp³-hybridized carbons (Fsp3) is 0.938. The monoisotopic (exact) mass is 269 g/mol. The van der Waals surface area contributed by atoms with Crippen LogP contribution in [0, 0.1) is 5.92 Å². The molecule has 1 aliphatic rings. The Morgan fingerprint density at radius 1 is 1.11 bits per heavy atom. The van der Waals surface area contributed by atoms with Gasteiger partial charge in [-0.05, 0) is 31.6 Å². The maximum Gasteiger partial charge on any atom is 0.220 e. The summed E-state index contributed by atoms with van der Waals surface area (Å²) in [6.07, 6.45) is 12.1. The van der Waals surface area contributed by atoms with Crippen LogP contribution in [0.1, 0.15) is 77.6 Å². The number of carbonyl (C=O) groups is 1. The molecule has 0 aliphatic heterocycles. The molecule has 0 bridgehead atoms. The van der Waals surface area contributed by atoms with E-state index in [-0.39, 0.29) is 12.0 Å². The van der Waals surface area contributed by atoms with Crippen molar-refractivity contribution < 1.29 is 9.90 Å². The van der Waals surface area contributed by atoms with Crippen LogP contribution in [0.15, 0.2) is 0 Å². The number of hydrogen-bond acceptors (Lipinski definition) is 2. The summed E-state index contributed by atoms with van der Waals surface area (Å²) >= 11 is 0. The molecule has 0 aromatic rings. The molecule has 112 valence electrons. The van der Waals surface area contributed by atoms with Crippen LogP contribution in [0.4, 0.5) is 0 Å². The summed E-state index contributed by atoms with van der Waals surface area (Å²) in [5.41, 5.74) is 0. The van der Waals surface area contributed by atoms with E-state index in [2.05, 4.69) is 12.2 Å². The van der Waals surface area contributed by atoms with Crippen molar-refractivity contribution in [3.63, 3.8) is 0 Å². The Hall–Kier alpha value is -0.570. The van der Waals surface area contributed by atoms with E-state index in [9.17, 15) is 9.90 Å². The normalized spacial score (nSPS) is 22.6. The predicted molar refractivity (Wildman–Crippen MR) is 79.0 cm³/mol. The molecule has 3 heteroatoms. The Bertz CT molecular complexity index is 243. The highest BCUT2D eigenvalue weighted by Crippen LogP contribution is 2.24. The first kappa shape index (κ1) is 16.5. The summed E-state index contributed by atoms with van der Waals surface area (Å²) in [5.74, 6) is 0.683. The van der Waals surface area contributed by atoms with Crippen molar-refractivity contribution in [3.8, 4) is 0 Å². The van der Waals surface area contributed by atoms with Crippen LogP contribution >= 0.6 is 0 Å². The standard InChI is InChI=1S/C16H31NO2/c1-2-3-4-5-6-7-8-9-16(19)17-13-14-10-11-15(18)12-14/h14-15,18H,2-13H2,1H3,(H,17,19). The lowest BCUT2D eigenvalue weighted by Gasteiger charge is -2.10. The van der Waals surface area contributed by atoms with Crippen LogP contribution in [-0.2, 0) is 4.79 Å². The van der Waals surface area contributed by atoms with Gasteiger partial charge in [0.15, 0.2) is 0 Å². The lowest BCUT2D eigenvalue weighted by molar-refractivity contribution is -0.121.